The molecular formula is C33H41N3O4. The highest BCUT2D eigenvalue weighted by atomic mass is 16.5. The molecule has 2 saturated carbocycles. The van der Waals surface area contributed by atoms with Crippen LogP contribution in [0.15, 0.2) is 42.5 Å². The molecule has 3 aliphatic carbocycles. The number of hydrogen-bond donors (Lipinski definition) is 3. The number of benzene rings is 2. The number of aliphatic hydroxyl groups is 1. The molecule has 1 spiro atoms. The van der Waals surface area contributed by atoms with Gasteiger partial charge < -0.3 is 25.6 Å². The van der Waals surface area contributed by atoms with Crippen molar-refractivity contribution >= 4 is 17.7 Å². The van der Waals surface area contributed by atoms with E-state index < -0.39 is 17.1 Å². The second-order valence-corrected chi connectivity index (χ2v) is 13.3. The molecule has 0 radical (unpaired) electrons. The van der Waals surface area contributed by atoms with Crippen LogP contribution in [0.3, 0.4) is 0 Å². The van der Waals surface area contributed by atoms with Gasteiger partial charge >= 0.3 is 0 Å². The zero-order valence-corrected chi connectivity index (χ0v) is 23.6. The van der Waals surface area contributed by atoms with Gasteiger partial charge in [-0.1, -0.05) is 32.0 Å². The van der Waals surface area contributed by atoms with Crippen LogP contribution >= 0.6 is 0 Å². The molecule has 2 aromatic carbocycles. The lowest BCUT2D eigenvalue weighted by atomic mass is 9.48. The molecule has 212 valence electrons. The molecule has 7 rings (SSSR count). The summed E-state index contributed by atoms with van der Waals surface area (Å²) in [5, 5.41) is 23.7. The van der Waals surface area contributed by atoms with Crippen LogP contribution in [0.4, 0.5) is 5.69 Å². The molecule has 2 bridgehead atoms. The molecule has 5 aliphatic rings. The molecule has 7 heteroatoms. The van der Waals surface area contributed by atoms with Crippen molar-refractivity contribution in [3.8, 4) is 11.5 Å². The first-order valence-electron chi connectivity index (χ1n) is 15.0. The summed E-state index contributed by atoms with van der Waals surface area (Å²) in [5.41, 5.74) is 8.07. The van der Waals surface area contributed by atoms with Gasteiger partial charge in [-0.25, -0.2) is 0 Å². The predicted octanol–water partition coefficient (Wildman–Crippen LogP) is 4.11. The molecule has 1 saturated heterocycles. The Labute approximate surface area is 236 Å². The van der Waals surface area contributed by atoms with Crippen LogP contribution in [0.1, 0.15) is 62.6 Å². The van der Waals surface area contributed by atoms with E-state index in [9.17, 15) is 15.0 Å². The Morgan fingerprint density at radius 3 is 2.80 bits per heavy atom. The van der Waals surface area contributed by atoms with Gasteiger partial charge in [0.2, 0.25) is 5.91 Å². The molecule has 7 nitrogen and oxygen atoms in total. The number of likely N-dealkylation sites (tertiary alicyclic amines) is 1. The number of carbonyl (C=O) groups is 1. The average molecular weight is 544 g/mol. The highest BCUT2D eigenvalue weighted by molar-refractivity contribution is 5.92. The van der Waals surface area contributed by atoms with E-state index in [0.717, 1.165) is 43.0 Å². The Balaban J connectivity index is 1.28. The highest BCUT2D eigenvalue weighted by Gasteiger charge is 2.73. The molecular weight excluding hydrogens is 502 g/mol. The van der Waals surface area contributed by atoms with Gasteiger partial charge in [0, 0.05) is 36.5 Å². The summed E-state index contributed by atoms with van der Waals surface area (Å²) < 4.78 is 6.74. The van der Waals surface area contributed by atoms with Crippen LogP contribution in [0, 0.1) is 11.8 Å². The van der Waals surface area contributed by atoms with Crippen LogP contribution in [0.2, 0.25) is 0 Å². The molecule has 1 amide bonds. The number of anilines is 1. The number of piperidine rings is 1. The number of phenolic OH excluding ortho intramolecular Hbond substituents is 1. The Morgan fingerprint density at radius 2 is 2.05 bits per heavy atom. The number of carbonyl (C=O) groups excluding carboxylic acids is 1. The van der Waals surface area contributed by atoms with E-state index in [2.05, 4.69) is 18.7 Å². The molecule has 40 heavy (non-hydrogen) atoms. The number of rotatable bonds is 7. The molecule has 0 unspecified atom stereocenters. The number of aromatic hydroxyl groups is 1. The summed E-state index contributed by atoms with van der Waals surface area (Å²) in [6, 6.07) is 11.1. The smallest absolute Gasteiger partial charge is 0.246 e. The zero-order valence-electron chi connectivity index (χ0n) is 23.6. The van der Waals surface area contributed by atoms with Gasteiger partial charge in [-0.2, -0.15) is 0 Å². The fraction of sp³-hybridized carbons (Fsp3) is 0.545. The Bertz CT molecular complexity index is 1370. The Hall–Kier alpha value is -3.03. The van der Waals surface area contributed by atoms with Crippen molar-refractivity contribution in [2.45, 2.75) is 81.6 Å². The van der Waals surface area contributed by atoms with E-state index in [4.69, 9.17) is 10.5 Å². The van der Waals surface area contributed by atoms with Crippen molar-refractivity contribution in [3.63, 3.8) is 0 Å². The maximum absolute atomic E-state index is 13.9. The van der Waals surface area contributed by atoms with E-state index in [-0.39, 0.29) is 29.7 Å². The lowest BCUT2D eigenvalue weighted by Crippen LogP contribution is -2.78. The molecule has 5 atom stereocenters. The van der Waals surface area contributed by atoms with Crippen LogP contribution in [0.25, 0.3) is 6.08 Å². The van der Waals surface area contributed by atoms with Gasteiger partial charge in [0.15, 0.2) is 11.5 Å². The first-order valence-corrected chi connectivity index (χ1v) is 15.0. The van der Waals surface area contributed by atoms with Gasteiger partial charge in [0.1, 0.15) is 6.10 Å². The topological polar surface area (TPSA) is 99.3 Å². The first-order chi connectivity index (χ1) is 19.2. The molecule has 3 fully saturated rings. The van der Waals surface area contributed by atoms with Crippen molar-refractivity contribution < 1.29 is 19.7 Å². The second-order valence-electron chi connectivity index (χ2n) is 13.3. The summed E-state index contributed by atoms with van der Waals surface area (Å²) >= 11 is 0. The molecule has 2 aromatic rings. The second kappa shape index (κ2) is 9.25. The maximum atomic E-state index is 13.9. The number of nitrogens with two attached hydrogens (primary N) is 1. The van der Waals surface area contributed by atoms with E-state index in [0.29, 0.717) is 30.8 Å². The SMILES string of the molecule is CC(C)CN(C(=O)/C=C/c1cccc(N)c1)[C@@H]1CC[C@@]2(O)[C@H]3Cc4ccc(O)c5c4[C@@]2(CCN3CC2CC2)[C@H]1O5. The third-order valence-electron chi connectivity index (χ3n) is 10.3. The van der Waals surface area contributed by atoms with Crippen molar-refractivity contribution in [2.24, 2.45) is 11.8 Å². The lowest BCUT2D eigenvalue weighted by Gasteiger charge is -2.65. The minimum atomic E-state index is -0.961. The van der Waals surface area contributed by atoms with Crippen LogP contribution in [0.5, 0.6) is 11.5 Å². The van der Waals surface area contributed by atoms with Gasteiger partial charge in [-0.3, -0.25) is 9.69 Å². The van der Waals surface area contributed by atoms with Crippen molar-refractivity contribution in [2.75, 3.05) is 25.4 Å². The minimum absolute atomic E-state index is 0.0228. The highest BCUT2D eigenvalue weighted by Crippen LogP contribution is 2.66. The average Bonchev–Trinajstić information content (AvgIpc) is 3.66. The molecule has 4 N–H and O–H groups in total. The molecule has 2 aliphatic heterocycles. The Kier molecular flexibility index (Phi) is 5.99. The van der Waals surface area contributed by atoms with Gasteiger partial charge in [0.25, 0.3) is 0 Å². The summed E-state index contributed by atoms with van der Waals surface area (Å²) in [7, 11) is 0. The number of nitrogen functional groups attached to an aromatic ring is 1. The van der Waals surface area contributed by atoms with E-state index in [1.165, 1.54) is 18.4 Å². The van der Waals surface area contributed by atoms with E-state index in [1.807, 2.05) is 41.3 Å². The number of hydrogen-bond acceptors (Lipinski definition) is 6. The normalized spacial score (nSPS) is 32.2. The molecule has 2 heterocycles. The van der Waals surface area contributed by atoms with Gasteiger partial charge in [0.05, 0.1) is 17.1 Å². The predicted molar refractivity (Wildman–Crippen MR) is 155 cm³/mol. The third-order valence-corrected chi connectivity index (χ3v) is 10.3. The quantitative estimate of drug-likeness (QED) is 0.359. The number of ether oxygens (including phenoxy) is 1. The van der Waals surface area contributed by atoms with Crippen LogP contribution < -0.4 is 10.5 Å². The van der Waals surface area contributed by atoms with Crippen molar-refractivity contribution in [1.29, 1.82) is 0 Å². The fourth-order valence-electron chi connectivity index (χ4n) is 8.48. The maximum Gasteiger partial charge on any atom is 0.246 e. The summed E-state index contributed by atoms with van der Waals surface area (Å²) in [6.45, 7) is 6.79. The Morgan fingerprint density at radius 1 is 1.23 bits per heavy atom. The van der Waals surface area contributed by atoms with Crippen LogP contribution in [-0.4, -0.2) is 69.3 Å². The number of phenols is 1. The van der Waals surface area contributed by atoms with Crippen molar-refractivity contribution in [3.05, 3.63) is 59.2 Å². The largest absolute Gasteiger partial charge is 0.504 e. The first kappa shape index (κ1) is 25.9. The fourth-order valence-corrected chi connectivity index (χ4v) is 8.48. The third kappa shape index (κ3) is 3.81. The summed E-state index contributed by atoms with van der Waals surface area (Å²) in [6.07, 6.45) is 8.42. The van der Waals surface area contributed by atoms with Crippen LogP contribution in [-0.2, 0) is 16.6 Å². The lowest BCUT2D eigenvalue weighted by molar-refractivity contribution is -0.201. The van der Waals surface area contributed by atoms with Gasteiger partial charge in [-0.15, -0.1) is 0 Å². The summed E-state index contributed by atoms with van der Waals surface area (Å²) in [4.78, 5) is 18.4. The molecule has 0 aromatic heterocycles. The monoisotopic (exact) mass is 543 g/mol. The standard InChI is InChI=1S/C33H41N3O4/c1-20(2)18-36(28(38)11-8-21-4-3-5-24(34)16-21)25-12-13-33(39)27-17-23-9-10-26(37)30-29(23)32(33,31(25)40-30)14-15-35(27)19-22-6-7-22/h3-5,8-11,16,20,22,25,27,31,37,39H,6-7,12-15,17-19,34H2,1-2H3/b11-8+/t25-,27-,31+,32+,33-/m1/s1. The minimum Gasteiger partial charge on any atom is -0.504 e. The van der Waals surface area contributed by atoms with E-state index in [1.54, 1.807) is 12.1 Å². The zero-order chi connectivity index (χ0) is 27.8. The van der Waals surface area contributed by atoms with Crippen molar-refractivity contribution in [1.82, 2.24) is 9.80 Å². The van der Waals surface area contributed by atoms with Gasteiger partial charge in [-0.05, 0) is 92.3 Å². The number of nitrogens with zero attached hydrogens (tertiary/aromatic N) is 2. The summed E-state index contributed by atoms with van der Waals surface area (Å²) in [5.74, 6) is 1.59. The van der Waals surface area contributed by atoms with E-state index >= 15 is 0 Å². The number of amides is 1.